The molecule has 0 atom stereocenters. The van der Waals surface area contributed by atoms with E-state index in [1.165, 1.54) is 31.4 Å². The molecule has 0 aliphatic rings. The van der Waals surface area contributed by atoms with Crippen molar-refractivity contribution in [2.45, 2.75) is 6.18 Å². The average Bonchev–Trinajstić information content (AvgIpc) is 2.64. The molecule has 0 saturated heterocycles. The first-order valence-corrected chi connectivity index (χ1v) is 7.73. The lowest BCUT2D eigenvalue weighted by Gasteiger charge is -2.15. The largest absolute Gasteiger partial charge is 0.497 e. The van der Waals surface area contributed by atoms with Gasteiger partial charge in [-0.15, -0.1) is 0 Å². The fourth-order valence-corrected chi connectivity index (χ4v) is 2.54. The fraction of sp³-hybridized carbons (Fsp3) is 0.118. The number of aromatic nitrogens is 2. The number of ether oxygens (including phenoxy) is 1. The molecule has 0 radical (unpaired) electrons. The molecule has 0 saturated carbocycles. The summed E-state index contributed by atoms with van der Waals surface area (Å²) in [5.74, 6) is -0.280. The summed E-state index contributed by atoms with van der Waals surface area (Å²) in [4.78, 5) is 38.4. The van der Waals surface area contributed by atoms with E-state index < -0.39 is 34.5 Å². The molecule has 8 nitrogen and oxygen atoms in total. The Morgan fingerprint density at radius 3 is 2.39 bits per heavy atom. The molecule has 3 rings (SSSR count). The number of hydrogen-bond acceptors (Lipinski definition) is 5. The van der Waals surface area contributed by atoms with Crippen LogP contribution in [0.2, 0.25) is 0 Å². The molecule has 28 heavy (non-hydrogen) atoms. The SMILES string of the molecule is COc1ccc(C(=O)Nn2c(=O)c(=O)[nH]c3cc(C(F)(F)F)c(N)cc32)cc1. The number of alkyl halides is 3. The topological polar surface area (TPSA) is 119 Å². The number of carbonyl (C=O) groups excluding carboxylic acids is 1. The molecule has 146 valence electrons. The molecule has 1 heterocycles. The van der Waals surface area contributed by atoms with Crippen molar-refractivity contribution in [3.63, 3.8) is 0 Å². The Kier molecular flexibility index (Phi) is 4.59. The van der Waals surface area contributed by atoms with Crippen molar-refractivity contribution in [1.29, 1.82) is 0 Å². The van der Waals surface area contributed by atoms with Gasteiger partial charge in [0.25, 0.3) is 5.91 Å². The third-order valence-electron chi connectivity index (χ3n) is 3.93. The Balaban J connectivity index is 2.12. The number of H-pyrrole nitrogens is 1. The van der Waals surface area contributed by atoms with Gasteiger partial charge in [-0.2, -0.15) is 13.2 Å². The van der Waals surface area contributed by atoms with Gasteiger partial charge in [-0.3, -0.25) is 19.8 Å². The first-order valence-electron chi connectivity index (χ1n) is 7.73. The molecular weight excluding hydrogens is 381 g/mol. The second-order valence-corrected chi connectivity index (χ2v) is 5.72. The zero-order valence-corrected chi connectivity index (χ0v) is 14.3. The molecule has 0 fully saturated rings. The van der Waals surface area contributed by atoms with E-state index in [0.717, 1.165) is 6.07 Å². The van der Waals surface area contributed by atoms with E-state index in [0.29, 0.717) is 16.5 Å². The number of halogens is 3. The van der Waals surface area contributed by atoms with Gasteiger partial charge in [0.15, 0.2) is 0 Å². The molecule has 0 aliphatic heterocycles. The van der Waals surface area contributed by atoms with Crippen LogP contribution in [0.3, 0.4) is 0 Å². The number of amides is 1. The third kappa shape index (κ3) is 3.41. The van der Waals surface area contributed by atoms with Crippen molar-refractivity contribution in [1.82, 2.24) is 9.66 Å². The standard InChI is InChI=1S/C17H13F3N4O4/c1-28-9-4-2-8(3-5-9)14(25)23-24-13-7-11(21)10(17(18,19)20)6-12(13)22-15(26)16(24)27/h2-7H,21H2,1H3,(H,22,26)(H,23,25). The number of nitrogen functional groups attached to an aromatic ring is 1. The van der Waals surface area contributed by atoms with Crippen LogP contribution >= 0.6 is 0 Å². The lowest BCUT2D eigenvalue weighted by Crippen LogP contribution is -2.42. The van der Waals surface area contributed by atoms with Crippen molar-refractivity contribution >= 4 is 22.6 Å². The van der Waals surface area contributed by atoms with E-state index in [2.05, 4.69) is 10.4 Å². The fourth-order valence-electron chi connectivity index (χ4n) is 2.54. The van der Waals surface area contributed by atoms with Gasteiger partial charge in [-0.05, 0) is 36.4 Å². The van der Waals surface area contributed by atoms with Gasteiger partial charge in [-0.1, -0.05) is 0 Å². The second kappa shape index (κ2) is 6.76. The van der Waals surface area contributed by atoms with Crippen molar-refractivity contribution in [3.8, 4) is 5.75 Å². The van der Waals surface area contributed by atoms with Gasteiger partial charge in [0, 0.05) is 11.3 Å². The Morgan fingerprint density at radius 2 is 1.82 bits per heavy atom. The molecule has 1 amide bonds. The van der Waals surface area contributed by atoms with Crippen LogP contribution in [-0.2, 0) is 6.18 Å². The van der Waals surface area contributed by atoms with Crippen LogP contribution in [0, 0.1) is 0 Å². The van der Waals surface area contributed by atoms with E-state index in [9.17, 15) is 27.6 Å². The molecule has 0 spiro atoms. The first-order chi connectivity index (χ1) is 13.1. The normalized spacial score (nSPS) is 11.4. The van der Waals surface area contributed by atoms with Crippen LogP contribution in [0.4, 0.5) is 18.9 Å². The summed E-state index contributed by atoms with van der Waals surface area (Å²) in [5.41, 5.74) is 3.02. The van der Waals surface area contributed by atoms with Crippen LogP contribution in [-0.4, -0.2) is 22.7 Å². The summed E-state index contributed by atoms with van der Waals surface area (Å²) >= 11 is 0. The number of nitrogens with one attached hydrogen (secondary N) is 2. The minimum atomic E-state index is -4.76. The number of nitrogens with two attached hydrogens (primary N) is 1. The highest BCUT2D eigenvalue weighted by Gasteiger charge is 2.33. The maximum Gasteiger partial charge on any atom is 0.418 e. The first kappa shape index (κ1) is 19.0. The number of nitrogens with zero attached hydrogens (tertiary/aromatic N) is 1. The smallest absolute Gasteiger partial charge is 0.418 e. The van der Waals surface area contributed by atoms with Gasteiger partial charge < -0.3 is 15.5 Å². The van der Waals surface area contributed by atoms with Crippen LogP contribution in [0.15, 0.2) is 46.0 Å². The molecule has 3 aromatic rings. The minimum Gasteiger partial charge on any atom is -0.497 e. The highest BCUT2D eigenvalue weighted by atomic mass is 19.4. The summed E-state index contributed by atoms with van der Waals surface area (Å²) in [6.45, 7) is 0. The summed E-state index contributed by atoms with van der Waals surface area (Å²) in [5, 5.41) is 0. The zero-order valence-electron chi connectivity index (χ0n) is 14.3. The molecule has 1 aromatic heterocycles. The number of rotatable bonds is 3. The maximum atomic E-state index is 13.0. The lowest BCUT2D eigenvalue weighted by atomic mass is 10.1. The summed E-state index contributed by atoms with van der Waals surface area (Å²) < 4.78 is 44.6. The number of anilines is 1. The molecule has 0 unspecified atom stereocenters. The Bertz CT molecular complexity index is 1180. The van der Waals surface area contributed by atoms with Crippen LogP contribution in [0.25, 0.3) is 11.0 Å². The maximum absolute atomic E-state index is 13.0. The number of aromatic amines is 1. The summed E-state index contributed by atoms with van der Waals surface area (Å²) in [7, 11) is 1.44. The van der Waals surface area contributed by atoms with Gasteiger partial charge >= 0.3 is 17.3 Å². The molecular formula is C17H13F3N4O4. The van der Waals surface area contributed by atoms with Gasteiger partial charge in [0.2, 0.25) is 0 Å². The summed E-state index contributed by atoms with van der Waals surface area (Å²) in [6.07, 6.45) is -4.76. The van der Waals surface area contributed by atoms with E-state index in [-0.39, 0.29) is 16.6 Å². The predicted molar refractivity (Wildman–Crippen MR) is 94.9 cm³/mol. The molecule has 11 heteroatoms. The summed E-state index contributed by atoms with van der Waals surface area (Å²) in [6, 6.07) is 7.27. The van der Waals surface area contributed by atoms with Gasteiger partial charge in [-0.25, -0.2) is 4.68 Å². The number of benzene rings is 2. The van der Waals surface area contributed by atoms with Crippen LogP contribution < -0.4 is 27.0 Å². The van der Waals surface area contributed by atoms with Crippen molar-refractivity contribution in [2.24, 2.45) is 0 Å². The monoisotopic (exact) mass is 394 g/mol. The quantitative estimate of drug-likeness (QED) is 0.461. The average molecular weight is 394 g/mol. The van der Waals surface area contributed by atoms with Gasteiger partial charge in [0.05, 0.1) is 23.7 Å². The van der Waals surface area contributed by atoms with Crippen LogP contribution in [0.5, 0.6) is 5.75 Å². The molecule has 0 bridgehead atoms. The minimum absolute atomic E-state index is 0.126. The van der Waals surface area contributed by atoms with Crippen molar-refractivity contribution < 1.29 is 22.7 Å². The Hall–Kier alpha value is -3.76. The van der Waals surface area contributed by atoms with Gasteiger partial charge in [0.1, 0.15) is 5.75 Å². The third-order valence-corrected chi connectivity index (χ3v) is 3.93. The number of methoxy groups -OCH3 is 1. The highest BCUT2D eigenvalue weighted by Crippen LogP contribution is 2.35. The molecule has 0 aliphatic carbocycles. The highest BCUT2D eigenvalue weighted by molar-refractivity contribution is 6.00. The predicted octanol–water partition coefficient (Wildman–Crippen LogP) is 1.68. The van der Waals surface area contributed by atoms with E-state index in [4.69, 9.17) is 10.5 Å². The lowest BCUT2D eigenvalue weighted by molar-refractivity contribution is -0.136. The van der Waals surface area contributed by atoms with Crippen molar-refractivity contribution in [2.75, 3.05) is 18.3 Å². The van der Waals surface area contributed by atoms with E-state index in [1.807, 2.05) is 0 Å². The van der Waals surface area contributed by atoms with Crippen molar-refractivity contribution in [3.05, 3.63) is 68.2 Å². The zero-order chi connectivity index (χ0) is 20.6. The Labute approximate surface area is 154 Å². The van der Waals surface area contributed by atoms with E-state index >= 15 is 0 Å². The Morgan fingerprint density at radius 1 is 1.18 bits per heavy atom. The second-order valence-electron chi connectivity index (χ2n) is 5.72. The molecule has 2 aromatic carbocycles. The molecule has 4 N–H and O–H groups in total. The number of hydrogen-bond donors (Lipinski definition) is 3. The number of carbonyl (C=O) groups is 1. The van der Waals surface area contributed by atoms with E-state index in [1.54, 1.807) is 0 Å². The van der Waals surface area contributed by atoms with Crippen LogP contribution in [0.1, 0.15) is 15.9 Å². The number of fused-ring (bicyclic) bond motifs is 1.